The number of fused-ring (bicyclic) bond motifs is 1. The molecule has 6 nitrogen and oxygen atoms in total. The molecule has 5 rings (SSSR count). The summed E-state index contributed by atoms with van der Waals surface area (Å²) in [7, 11) is 0. The standard InChI is InChI=1S/C22H21F2N5OS/c1-14-25-22-29(26-14)21(30)20(31-22)19(15-6-2-3-7-16(15)23)28-12-10-27(11-13-28)18-9-5-4-8-17(18)24/h2-9,19,30H,10-13H2,1H3/t19-/m1/s1. The molecule has 0 radical (unpaired) electrons. The van der Waals surface area contributed by atoms with Gasteiger partial charge < -0.3 is 10.0 Å². The third-order valence-corrected chi connectivity index (χ3v) is 6.70. The fourth-order valence-corrected chi connectivity index (χ4v) is 5.31. The molecule has 160 valence electrons. The zero-order valence-electron chi connectivity index (χ0n) is 16.9. The van der Waals surface area contributed by atoms with Crippen molar-refractivity contribution in [3.05, 3.63) is 76.4 Å². The van der Waals surface area contributed by atoms with Gasteiger partial charge in [0.25, 0.3) is 0 Å². The monoisotopic (exact) mass is 441 g/mol. The Morgan fingerprint density at radius 2 is 1.65 bits per heavy atom. The lowest BCUT2D eigenvalue weighted by Crippen LogP contribution is -2.48. The molecule has 0 bridgehead atoms. The molecule has 0 unspecified atom stereocenters. The molecular weight excluding hydrogens is 420 g/mol. The molecule has 0 amide bonds. The van der Waals surface area contributed by atoms with Gasteiger partial charge in [0.05, 0.1) is 16.6 Å². The zero-order valence-corrected chi connectivity index (χ0v) is 17.7. The van der Waals surface area contributed by atoms with Crippen LogP contribution in [-0.4, -0.2) is 50.8 Å². The molecule has 2 aromatic heterocycles. The first-order valence-corrected chi connectivity index (χ1v) is 10.9. The largest absolute Gasteiger partial charge is 0.492 e. The SMILES string of the molecule is Cc1nc2sc([C@@H](c3ccccc3F)N3CCN(c4ccccc4F)CC3)c(O)n2n1. The second-order valence-electron chi connectivity index (χ2n) is 7.54. The van der Waals surface area contributed by atoms with Crippen LogP contribution >= 0.6 is 11.3 Å². The van der Waals surface area contributed by atoms with Gasteiger partial charge in [-0.2, -0.15) is 4.52 Å². The Morgan fingerprint density at radius 1 is 0.968 bits per heavy atom. The van der Waals surface area contributed by atoms with E-state index in [-0.39, 0.29) is 17.5 Å². The number of halogens is 2. The van der Waals surface area contributed by atoms with Gasteiger partial charge in [-0.3, -0.25) is 4.90 Å². The van der Waals surface area contributed by atoms with E-state index in [1.807, 2.05) is 11.0 Å². The number of aryl methyl sites for hydroxylation is 1. The van der Waals surface area contributed by atoms with Crippen molar-refractivity contribution in [2.75, 3.05) is 31.1 Å². The van der Waals surface area contributed by atoms with Gasteiger partial charge in [0.2, 0.25) is 10.8 Å². The number of benzene rings is 2. The van der Waals surface area contributed by atoms with Crippen molar-refractivity contribution in [3.63, 3.8) is 0 Å². The number of hydrogen-bond donors (Lipinski definition) is 1. The summed E-state index contributed by atoms with van der Waals surface area (Å²) in [5.74, 6) is -0.0433. The summed E-state index contributed by atoms with van der Waals surface area (Å²) in [6.45, 7) is 4.10. The van der Waals surface area contributed by atoms with E-state index in [2.05, 4.69) is 15.0 Å². The maximum absolute atomic E-state index is 14.9. The summed E-state index contributed by atoms with van der Waals surface area (Å²) in [6.07, 6.45) is 0. The van der Waals surface area contributed by atoms with E-state index in [0.717, 1.165) is 0 Å². The molecular formula is C22H21F2N5OS. The molecule has 1 aliphatic heterocycles. The lowest BCUT2D eigenvalue weighted by molar-refractivity contribution is 0.207. The molecule has 2 aromatic carbocycles. The Morgan fingerprint density at radius 3 is 2.32 bits per heavy atom. The van der Waals surface area contributed by atoms with Gasteiger partial charge in [-0.25, -0.2) is 13.8 Å². The molecule has 1 atom stereocenters. The first-order valence-electron chi connectivity index (χ1n) is 10.1. The number of para-hydroxylation sites is 1. The third kappa shape index (κ3) is 3.53. The number of rotatable bonds is 4. The molecule has 0 aliphatic carbocycles. The number of nitrogens with zero attached hydrogens (tertiary/aromatic N) is 5. The highest BCUT2D eigenvalue weighted by Gasteiger charge is 2.33. The molecule has 1 saturated heterocycles. The van der Waals surface area contributed by atoms with Crippen LogP contribution in [0.15, 0.2) is 48.5 Å². The van der Waals surface area contributed by atoms with Crippen LogP contribution in [0, 0.1) is 18.6 Å². The molecule has 1 N–H and O–H groups in total. The zero-order chi connectivity index (χ0) is 21.5. The quantitative estimate of drug-likeness (QED) is 0.519. The second kappa shape index (κ2) is 7.90. The van der Waals surface area contributed by atoms with Crippen LogP contribution in [0.4, 0.5) is 14.5 Å². The summed E-state index contributed by atoms with van der Waals surface area (Å²) < 4.78 is 30.5. The molecule has 0 saturated carbocycles. The summed E-state index contributed by atoms with van der Waals surface area (Å²) in [4.78, 5) is 9.63. The van der Waals surface area contributed by atoms with Crippen molar-refractivity contribution in [1.29, 1.82) is 0 Å². The molecule has 31 heavy (non-hydrogen) atoms. The van der Waals surface area contributed by atoms with E-state index in [9.17, 15) is 13.9 Å². The van der Waals surface area contributed by atoms with Crippen molar-refractivity contribution >= 4 is 22.0 Å². The minimum Gasteiger partial charge on any atom is -0.492 e. The van der Waals surface area contributed by atoms with Crippen LogP contribution in [0.5, 0.6) is 5.88 Å². The second-order valence-corrected chi connectivity index (χ2v) is 8.55. The van der Waals surface area contributed by atoms with Crippen LogP contribution < -0.4 is 4.90 Å². The van der Waals surface area contributed by atoms with Gasteiger partial charge in [-0.05, 0) is 25.1 Å². The normalized spacial score (nSPS) is 16.2. The van der Waals surface area contributed by atoms with Gasteiger partial charge in [-0.15, -0.1) is 5.10 Å². The molecule has 3 heterocycles. The molecule has 0 spiro atoms. The smallest absolute Gasteiger partial charge is 0.230 e. The van der Waals surface area contributed by atoms with E-state index in [1.165, 1.54) is 28.0 Å². The first kappa shape index (κ1) is 19.9. The van der Waals surface area contributed by atoms with Gasteiger partial charge in [0.15, 0.2) is 0 Å². The van der Waals surface area contributed by atoms with Crippen molar-refractivity contribution in [1.82, 2.24) is 19.5 Å². The number of aromatic nitrogens is 3. The number of hydrogen-bond acceptors (Lipinski definition) is 6. The summed E-state index contributed by atoms with van der Waals surface area (Å²) in [6, 6.07) is 12.8. The predicted molar refractivity (Wildman–Crippen MR) is 116 cm³/mol. The highest BCUT2D eigenvalue weighted by atomic mass is 32.1. The highest BCUT2D eigenvalue weighted by molar-refractivity contribution is 7.17. The maximum Gasteiger partial charge on any atom is 0.230 e. The Balaban J connectivity index is 1.50. The van der Waals surface area contributed by atoms with Gasteiger partial charge in [-0.1, -0.05) is 41.7 Å². The topological polar surface area (TPSA) is 56.9 Å². The highest BCUT2D eigenvalue weighted by Crippen LogP contribution is 2.41. The van der Waals surface area contributed by atoms with E-state index >= 15 is 0 Å². The van der Waals surface area contributed by atoms with Crippen molar-refractivity contribution in [3.8, 4) is 5.88 Å². The van der Waals surface area contributed by atoms with E-state index in [0.29, 0.717) is 53.1 Å². The minimum absolute atomic E-state index is 0.0228. The van der Waals surface area contributed by atoms with E-state index in [1.54, 1.807) is 37.3 Å². The maximum atomic E-state index is 14.9. The number of anilines is 1. The molecule has 9 heteroatoms. The minimum atomic E-state index is -0.488. The van der Waals surface area contributed by atoms with Crippen molar-refractivity contribution in [2.45, 2.75) is 13.0 Å². The lowest BCUT2D eigenvalue weighted by atomic mass is 10.0. The first-order chi connectivity index (χ1) is 15.0. The fourth-order valence-electron chi connectivity index (χ4n) is 4.16. The van der Waals surface area contributed by atoms with Crippen LogP contribution in [0.3, 0.4) is 0 Å². The van der Waals surface area contributed by atoms with Crippen LogP contribution in [0.2, 0.25) is 0 Å². The Hall–Kier alpha value is -3.04. The summed E-state index contributed by atoms with van der Waals surface area (Å²) >= 11 is 1.31. The fraction of sp³-hybridized carbons (Fsp3) is 0.273. The summed E-state index contributed by atoms with van der Waals surface area (Å²) in [5, 5.41) is 15.1. The number of thiazole rings is 1. The molecule has 4 aromatic rings. The number of aromatic hydroxyl groups is 1. The van der Waals surface area contributed by atoms with E-state index < -0.39 is 6.04 Å². The van der Waals surface area contributed by atoms with Gasteiger partial charge >= 0.3 is 0 Å². The van der Waals surface area contributed by atoms with Crippen LogP contribution in [0.25, 0.3) is 4.96 Å². The third-order valence-electron chi connectivity index (χ3n) is 5.63. The van der Waals surface area contributed by atoms with E-state index in [4.69, 9.17) is 0 Å². The number of piperazine rings is 1. The Kier molecular flexibility index (Phi) is 5.07. The van der Waals surface area contributed by atoms with Gasteiger partial charge in [0.1, 0.15) is 17.5 Å². The average Bonchev–Trinajstić information content (AvgIpc) is 3.28. The molecule has 1 aliphatic rings. The lowest BCUT2D eigenvalue weighted by Gasteiger charge is -2.40. The van der Waals surface area contributed by atoms with Crippen molar-refractivity contribution < 1.29 is 13.9 Å². The predicted octanol–water partition coefficient (Wildman–Crippen LogP) is 3.99. The van der Waals surface area contributed by atoms with Crippen molar-refractivity contribution in [2.24, 2.45) is 0 Å². The average molecular weight is 442 g/mol. The van der Waals surface area contributed by atoms with Crippen LogP contribution in [0.1, 0.15) is 22.3 Å². The van der Waals surface area contributed by atoms with Crippen LogP contribution in [-0.2, 0) is 0 Å². The Labute approximate surface area is 182 Å². The molecule has 1 fully saturated rings. The van der Waals surface area contributed by atoms with Gasteiger partial charge in [0, 0.05) is 31.7 Å². The Bertz CT molecular complexity index is 1230. The summed E-state index contributed by atoms with van der Waals surface area (Å²) in [5.41, 5.74) is 1.06.